The van der Waals surface area contributed by atoms with Gasteiger partial charge >= 0.3 is 0 Å². The zero-order chi connectivity index (χ0) is 15.4. The van der Waals surface area contributed by atoms with Crippen LogP contribution in [-0.2, 0) is 11.2 Å². The predicted octanol–water partition coefficient (Wildman–Crippen LogP) is 2.22. The summed E-state index contributed by atoms with van der Waals surface area (Å²) in [6.45, 7) is 5.87. The van der Waals surface area contributed by atoms with Crippen molar-refractivity contribution in [2.24, 2.45) is 17.6 Å². The van der Waals surface area contributed by atoms with E-state index in [2.05, 4.69) is 26.0 Å². The maximum atomic E-state index is 12.8. The van der Waals surface area contributed by atoms with Gasteiger partial charge < -0.3 is 15.4 Å². The van der Waals surface area contributed by atoms with Gasteiger partial charge in [-0.1, -0.05) is 6.07 Å². The Kier molecular flexibility index (Phi) is 4.32. The number of hydrogen-bond acceptors (Lipinski definition) is 3. The number of halogens is 1. The Bertz CT molecular complexity index is 603. The molecule has 3 aliphatic rings. The van der Waals surface area contributed by atoms with Crippen molar-refractivity contribution in [3.8, 4) is 5.75 Å². The van der Waals surface area contributed by atoms with Gasteiger partial charge in [-0.3, -0.25) is 4.79 Å². The number of rotatable bonds is 1. The van der Waals surface area contributed by atoms with Crippen LogP contribution in [0.3, 0.4) is 0 Å². The van der Waals surface area contributed by atoms with Gasteiger partial charge in [0.25, 0.3) is 5.91 Å². The van der Waals surface area contributed by atoms with Crippen LogP contribution in [0.5, 0.6) is 5.75 Å². The number of likely N-dealkylation sites (tertiary alicyclic amines) is 1. The fourth-order valence-electron chi connectivity index (χ4n) is 4.34. The molecule has 2 heterocycles. The molecule has 1 saturated carbocycles. The molecule has 1 aromatic rings. The highest BCUT2D eigenvalue weighted by Gasteiger charge is 2.44. The molecule has 0 spiro atoms. The summed E-state index contributed by atoms with van der Waals surface area (Å²) in [5.41, 5.74) is 9.81. The van der Waals surface area contributed by atoms with Crippen LogP contribution in [0, 0.1) is 25.7 Å². The molecule has 4 atom stereocenters. The van der Waals surface area contributed by atoms with E-state index in [0.717, 1.165) is 30.8 Å². The van der Waals surface area contributed by atoms with Gasteiger partial charge in [-0.05, 0) is 61.3 Å². The minimum Gasteiger partial charge on any atom is -0.480 e. The SMILES string of the molecule is Cc1cc2c(cc1C)OC(C(=O)N1CC3CCC(N)C3C1)C2.Cl. The Morgan fingerprint density at radius 1 is 1.22 bits per heavy atom. The lowest BCUT2D eigenvalue weighted by molar-refractivity contribution is -0.137. The second kappa shape index (κ2) is 5.99. The van der Waals surface area contributed by atoms with Crippen LogP contribution in [0.15, 0.2) is 12.1 Å². The maximum absolute atomic E-state index is 12.8. The summed E-state index contributed by atoms with van der Waals surface area (Å²) < 4.78 is 5.94. The number of ether oxygens (including phenoxy) is 1. The van der Waals surface area contributed by atoms with Gasteiger partial charge in [-0.25, -0.2) is 0 Å². The van der Waals surface area contributed by atoms with Crippen LogP contribution >= 0.6 is 12.4 Å². The average molecular weight is 337 g/mol. The van der Waals surface area contributed by atoms with E-state index in [0.29, 0.717) is 18.3 Å². The summed E-state index contributed by atoms with van der Waals surface area (Å²) >= 11 is 0. The highest BCUT2D eigenvalue weighted by molar-refractivity contribution is 5.85. The van der Waals surface area contributed by atoms with Crippen LogP contribution in [-0.4, -0.2) is 36.0 Å². The molecule has 1 aromatic carbocycles. The van der Waals surface area contributed by atoms with Crippen molar-refractivity contribution >= 4 is 18.3 Å². The summed E-state index contributed by atoms with van der Waals surface area (Å²) in [5.74, 6) is 2.13. The molecule has 4 nitrogen and oxygen atoms in total. The number of nitrogens with zero attached hydrogens (tertiary/aromatic N) is 1. The molecule has 0 bridgehead atoms. The number of fused-ring (bicyclic) bond motifs is 2. The first-order valence-electron chi connectivity index (χ1n) is 8.34. The van der Waals surface area contributed by atoms with Crippen LogP contribution in [0.2, 0.25) is 0 Å². The van der Waals surface area contributed by atoms with Crippen molar-refractivity contribution in [1.29, 1.82) is 0 Å². The summed E-state index contributed by atoms with van der Waals surface area (Å²) in [4.78, 5) is 14.8. The fourth-order valence-corrected chi connectivity index (χ4v) is 4.34. The van der Waals surface area contributed by atoms with Crippen LogP contribution < -0.4 is 10.5 Å². The van der Waals surface area contributed by atoms with Crippen molar-refractivity contribution in [3.05, 3.63) is 28.8 Å². The van der Waals surface area contributed by atoms with Gasteiger partial charge in [0.15, 0.2) is 6.10 Å². The van der Waals surface area contributed by atoms with Gasteiger partial charge in [-0.15, -0.1) is 12.4 Å². The molecule has 2 N–H and O–H groups in total. The molecule has 23 heavy (non-hydrogen) atoms. The van der Waals surface area contributed by atoms with Crippen LogP contribution in [0.1, 0.15) is 29.5 Å². The Balaban J connectivity index is 0.00000156. The smallest absolute Gasteiger partial charge is 0.264 e. The molecule has 2 aliphatic heterocycles. The number of carbonyl (C=O) groups excluding carboxylic acids is 1. The lowest BCUT2D eigenvalue weighted by atomic mass is 9.98. The molecule has 1 aliphatic carbocycles. The minimum absolute atomic E-state index is 0. The zero-order valence-electron chi connectivity index (χ0n) is 13.7. The second-order valence-electron chi connectivity index (χ2n) is 7.26. The molecule has 2 fully saturated rings. The molecule has 0 radical (unpaired) electrons. The number of aryl methyl sites for hydroxylation is 2. The summed E-state index contributed by atoms with van der Waals surface area (Å²) in [6, 6.07) is 4.49. The Morgan fingerprint density at radius 3 is 2.70 bits per heavy atom. The van der Waals surface area contributed by atoms with Gasteiger partial charge in [0.2, 0.25) is 0 Å². The van der Waals surface area contributed by atoms with E-state index in [1.807, 2.05) is 4.90 Å². The number of hydrogen-bond donors (Lipinski definition) is 1. The average Bonchev–Trinajstić information content (AvgIpc) is 3.15. The molecule has 0 aromatic heterocycles. The fraction of sp³-hybridized carbons (Fsp3) is 0.611. The molecule has 5 heteroatoms. The van der Waals surface area contributed by atoms with Gasteiger partial charge in [0, 0.05) is 25.6 Å². The second-order valence-corrected chi connectivity index (χ2v) is 7.26. The Labute approximate surface area is 143 Å². The van der Waals surface area contributed by atoms with Crippen molar-refractivity contribution in [1.82, 2.24) is 4.90 Å². The lowest BCUT2D eigenvalue weighted by Gasteiger charge is -2.22. The van der Waals surface area contributed by atoms with E-state index in [1.165, 1.54) is 17.5 Å². The van der Waals surface area contributed by atoms with E-state index in [1.54, 1.807) is 0 Å². The third-order valence-electron chi connectivity index (χ3n) is 5.85. The first-order chi connectivity index (χ1) is 10.5. The van der Waals surface area contributed by atoms with Crippen molar-refractivity contribution in [2.75, 3.05) is 13.1 Å². The first-order valence-corrected chi connectivity index (χ1v) is 8.34. The zero-order valence-corrected chi connectivity index (χ0v) is 14.6. The van der Waals surface area contributed by atoms with Gasteiger partial charge in [-0.2, -0.15) is 0 Å². The van der Waals surface area contributed by atoms with E-state index >= 15 is 0 Å². The van der Waals surface area contributed by atoms with Crippen LogP contribution in [0.25, 0.3) is 0 Å². The van der Waals surface area contributed by atoms with Crippen molar-refractivity contribution < 1.29 is 9.53 Å². The monoisotopic (exact) mass is 336 g/mol. The van der Waals surface area contributed by atoms with E-state index < -0.39 is 0 Å². The normalized spacial score (nSPS) is 31.3. The molecule has 1 saturated heterocycles. The highest BCUT2D eigenvalue weighted by Crippen LogP contribution is 2.38. The van der Waals surface area contributed by atoms with Crippen molar-refractivity contribution in [3.63, 3.8) is 0 Å². The summed E-state index contributed by atoms with van der Waals surface area (Å²) in [7, 11) is 0. The largest absolute Gasteiger partial charge is 0.480 e. The molecular formula is C18H25ClN2O2. The standard InChI is InChI=1S/C18H24N2O2.ClH/c1-10-5-13-7-17(22-16(13)6-11(10)2)18(21)20-8-12-3-4-15(19)14(12)9-20;/h5-6,12,14-15,17H,3-4,7-9,19H2,1-2H3;1H. The van der Waals surface area contributed by atoms with Gasteiger partial charge in [0.05, 0.1) is 0 Å². The van der Waals surface area contributed by atoms with Crippen molar-refractivity contribution in [2.45, 2.75) is 45.3 Å². The number of amides is 1. The highest BCUT2D eigenvalue weighted by atomic mass is 35.5. The minimum atomic E-state index is -0.341. The number of carbonyl (C=O) groups is 1. The van der Waals surface area contributed by atoms with E-state index in [9.17, 15) is 4.79 Å². The Morgan fingerprint density at radius 2 is 1.96 bits per heavy atom. The molecule has 1 amide bonds. The topological polar surface area (TPSA) is 55.6 Å². The molecular weight excluding hydrogens is 312 g/mol. The number of benzene rings is 1. The lowest BCUT2D eigenvalue weighted by Crippen LogP contribution is -2.41. The molecule has 4 unspecified atom stereocenters. The summed E-state index contributed by atoms with van der Waals surface area (Å²) in [5, 5.41) is 0. The third kappa shape index (κ3) is 2.72. The molecule has 126 valence electrons. The maximum Gasteiger partial charge on any atom is 0.264 e. The number of nitrogens with two attached hydrogens (primary N) is 1. The predicted molar refractivity (Wildman–Crippen MR) is 92.1 cm³/mol. The molecule has 4 rings (SSSR count). The Hall–Kier alpha value is -1.26. The van der Waals surface area contributed by atoms with E-state index in [-0.39, 0.29) is 30.5 Å². The first kappa shape index (κ1) is 16.6. The summed E-state index contributed by atoms with van der Waals surface area (Å²) in [6.07, 6.45) is 2.64. The quantitative estimate of drug-likeness (QED) is 0.855. The van der Waals surface area contributed by atoms with Gasteiger partial charge in [0.1, 0.15) is 5.75 Å². The van der Waals surface area contributed by atoms with E-state index in [4.69, 9.17) is 10.5 Å². The third-order valence-corrected chi connectivity index (χ3v) is 5.85. The van der Waals surface area contributed by atoms with Crippen LogP contribution in [0.4, 0.5) is 0 Å².